The number of carbonyl (C=O) groups excluding carboxylic acids is 1. The zero-order valence-electron chi connectivity index (χ0n) is 12.0. The first kappa shape index (κ1) is 14.8. The standard InChI is InChI=1S/C16H16BrNO2S/c1-8-6-12(21-14(8)17)13(19)9-4-5-11-10(7-9)16(2,3)15(20)18-11/h4-7,13,19H,1-3H3,(H,18,20). The number of aliphatic hydroxyl groups is 1. The number of fused-ring (bicyclic) bond motifs is 1. The summed E-state index contributed by atoms with van der Waals surface area (Å²) in [6, 6.07) is 7.66. The van der Waals surface area contributed by atoms with Crippen molar-refractivity contribution in [2.45, 2.75) is 32.3 Å². The summed E-state index contributed by atoms with van der Waals surface area (Å²) in [5.74, 6) is -0.00106. The molecule has 3 rings (SSSR count). The quantitative estimate of drug-likeness (QED) is 0.840. The smallest absolute Gasteiger partial charge is 0.234 e. The summed E-state index contributed by atoms with van der Waals surface area (Å²) >= 11 is 5.02. The van der Waals surface area contributed by atoms with Gasteiger partial charge < -0.3 is 10.4 Å². The number of carbonyl (C=O) groups is 1. The van der Waals surface area contributed by atoms with Crippen molar-refractivity contribution < 1.29 is 9.90 Å². The highest BCUT2D eigenvalue weighted by molar-refractivity contribution is 9.11. The Morgan fingerprint density at radius 2 is 2.05 bits per heavy atom. The molecule has 1 atom stereocenters. The van der Waals surface area contributed by atoms with E-state index in [-0.39, 0.29) is 5.91 Å². The average Bonchev–Trinajstić information content (AvgIpc) is 2.88. The lowest BCUT2D eigenvalue weighted by molar-refractivity contribution is -0.119. The van der Waals surface area contributed by atoms with Crippen LogP contribution < -0.4 is 5.32 Å². The first-order valence-corrected chi connectivity index (χ1v) is 8.31. The summed E-state index contributed by atoms with van der Waals surface area (Å²) in [6.07, 6.45) is -0.670. The molecule has 2 heterocycles. The second-order valence-corrected chi connectivity index (χ2v) is 8.29. The molecule has 0 radical (unpaired) electrons. The van der Waals surface area contributed by atoms with Crippen molar-refractivity contribution >= 4 is 38.9 Å². The Morgan fingerprint density at radius 3 is 2.67 bits per heavy atom. The van der Waals surface area contributed by atoms with Gasteiger partial charge in [0.15, 0.2) is 0 Å². The Morgan fingerprint density at radius 1 is 1.33 bits per heavy atom. The lowest BCUT2D eigenvalue weighted by Crippen LogP contribution is -2.26. The highest BCUT2D eigenvalue weighted by atomic mass is 79.9. The summed E-state index contributed by atoms with van der Waals surface area (Å²) in [5, 5.41) is 13.5. The van der Waals surface area contributed by atoms with Crippen molar-refractivity contribution in [3.63, 3.8) is 0 Å². The maximum absolute atomic E-state index is 12.0. The van der Waals surface area contributed by atoms with Gasteiger partial charge in [-0.2, -0.15) is 0 Å². The largest absolute Gasteiger partial charge is 0.383 e. The number of hydrogen-bond donors (Lipinski definition) is 2. The Kier molecular flexibility index (Phi) is 3.47. The third-order valence-electron chi connectivity index (χ3n) is 3.99. The van der Waals surface area contributed by atoms with Crippen LogP contribution in [0.25, 0.3) is 0 Å². The third-order valence-corrected chi connectivity index (χ3v) is 6.18. The molecule has 1 aliphatic rings. The molecule has 0 saturated carbocycles. The molecule has 1 unspecified atom stereocenters. The number of aliphatic hydroxyl groups excluding tert-OH is 1. The van der Waals surface area contributed by atoms with Crippen molar-refractivity contribution in [2.75, 3.05) is 5.32 Å². The molecule has 0 fully saturated rings. The molecule has 21 heavy (non-hydrogen) atoms. The van der Waals surface area contributed by atoms with Gasteiger partial charge in [-0.15, -0.1) is 11.3 Å². The van der Waals surface area contributed by atoms with Gasteiger partial charge in [0, 0.05) is 10.6 Å². The third kappa shape index (κ3) is 2.33. The number of hydrogen-bond acceptors (Lipinski definition) is 3. The van der Waals surface area contributed by atoms with Crippen molar-refractivity contribution in [1.29, 1.82) is 0 Å². The number of benzene rings is 1. The minimum absolute atomic E-state index is 0.00106. The van der Waals surface area contributed by atoms with Crippen molar-refractivity contribution in [3.05, 3.63) is 49.6 Å². The Balaban J connectivity index is 2.02. The second-order valence-electron chi connectivity index (χ2n) is 5.89. The lowest BCUT2D eigenvalue weighted by Gasteiger charge is -2.17. The van der Waals surface area contributed by atoms with Crippen LogP contribution in [0.3, 0.4) is 0 Å². The number of nitrogens with one attached hydrogen (secondary N) is 1. The fourth-order valence-corrected chi connectivity index (χ4v) is 4.13. The first-order chi connectivity index (χ1) is 9.80. The van der Waals surface area contributed by atoms with Crippen LogP contribution in [0.5, 0.6) is 0 Å². The average molecular weight is 366 g/mol. The number of halogens is 1. The lowest BCUT2D eigenvalue weighted by atomic mass is 9.85. The van der Waals surface area contributed by atoms with Crippen LogP contribution in [0.1, 0.15) is 41.5 Å². The van der Waals surface area contributed by atoms with E-state index in [9.17, 15) is 9.90 Å². The van der Waals surface area contributed by atoms with E-state index in [1.54, 1.807) is 0 Å². The monoisotopic (exact) mass is 365 g/mol. The van der Waals surface area contributed by atoms with E-state index in [0.717, 1.165) is 31.0 Å². The molecule has 1 aromatic heterocycles. The molecule has 2 N–H and O–H groups in total. The van der Waals surface area contributed by atoms with Gasteiger partial charge in [0.2, 0.25) is 5.91 Å². The van der Waals surface area contributed by atoms with Gasteiger partial charge in [-0.25, -0.2) is 0 Å². The molecular formula is C16H16BrNO2S. The van der Waals surface area contributed by atoms with Gasteiger partial charge in [-0.05, 0) is 71.6 Å². The molecule has 1 aliphatic heterocycles. The van der Waals surface area contributed by atoms with E-state index in [0.29, 0.717) is 0 Å². The highest BCUT2D eigenvalue weighted by Crippen LogP contribution is 2.40. The Hall–Kier alpha value is -1.17. The zero-order valence-corrected chi connectivity index (χ0v) is 14.4. The summed E-state index contributed by atoms with van der Waals surface area (Å²) in [7, 11) is 0. The van der Waals surface area contributed by atoms with Crippen LogP contribution in [-0.2, 0) is 10.2 Å². The molecule has 0 bridgehead atoms. The van der Waals surface area contributed by atoms with Gasteiger partial charge >= 0.3 is 0 Å². The number of rotatable bonds is 2. The van der Waals surface area contributed by atoms with E-state index in [2.05, 4.69) is 21.2 Å². The van der Waals surface area contributed by atoms with Crippen molar-refractivity contribution in [3.8, 4) is 0 Å². The van der Waals surface area contributed by atoms with Crippen LogP contribution in [0, 0.1) is 6.92 Å². The molecule has 5 heteroatoms. The molecule has 1 amide bonds. The van der Waals surface area contributed by atoms with Crippen molar-refractivity contribution in [2.24, 2.45) is 0 Å². The molecule has 1 aromatic carbocycles. The summed E-state index contributed by atoms with van der Waals surface area (Å²) in [4.78, 5) is 12.9. The summed E-state index contributed by atoms with van der Waals surface area (Å²) < 4.78 is 1.04. The predicted octanol–water partition coefficient (Wildman–Crippen LogP) is 4.13. The van der Waals surface area contributed by atoms with Crippen LogP contribution >= 0.6 is 27.3 Å². The van der Waals surface area contributed by atoms with E-state index < -0.39 is 11.5 Å². The zero-order chi connectivity index (χ0) is 15.4. The fraction of sp³-hybridized carbons (Fsp3) is 0.312. The molecule has 3 nitrogen and oxygen atoms in total. The highest BCUT2D eigenvalue weighted by Gasteiger charge is 2.38. The van der Waals surface area contributed by atoms with Crippen molar-refractivity contribution in [1.82, 2.24) is 0 Å². The van der Waals surface area contributed by atoms with E-state index in [1.165, 1.54) is 11.3 Å². The second kappa shape index (κ2) is 4.93. The van der Waals surface area contributed by atoms with Gasteiger partial charge in [0.25, 0.3) is 0 Å². The van der Waals surface area contributed by atoms with E-state index in [4.69, 9.17) is 0 Å². The Labute approximate surface area is 136 Å². The van der Waals surface area contributed by atoms with Gasteiger partial charge in [-0.3, -0.25) is 4.79 Å². The molecule has 0 spiro atoms. The number of thiophene rings is 1. The maximum Gasteiger partial charge on any atom is 0.234 e. The van der Waals surface area contributed by atoms with Gasteiger partial charge in [0.05, 0.1) is 9.20 Å². The summed E-state index contributed by atoms with van der Waals surface area (Å²) in [5.41, 5.74) is 3.15. The van der Waals surface area contributed by atoms with Crippen LogP contribution in [0.4, 0.5) is 5.69 Å². The summed E-state index contributed by atoms with van der Waals surface area (Å²) in [6.45, 7) is 5.80. The van der Waals surface area contributed by atoms with E-state index in [1.807, 2.05) is 45.0 Å². The topological polar surface area (TPSA) is 49.3 Å². The SMILES string of the molecule is Cc1cc(C(O)c2ccc3c(c2)C(C)(C)C(=O)N3)sc1Br. The first-order valence-electron chi connectivity index (χ1n) is 6.70. The fourth-order valence-electron chi connectivity index (χ4n) is 2.54. The minimum Gasteiger partial charge on any atom is -0.383 e. The molecule has 2 aromatic rings. The molecular weight excluding hydrogens is 350 g/mol. The molecule has 0 saturated heterocycles. The number of anilines is 1. The van der Waals surface area contributed by atoms with Crippen LogP contribution in [0.15, 0.2) is 28.1 Å². The van der Waals surface area contributed by atoms with Gasteiger partial charge in [0.1, 0.15) is 6.10 Å². The van der Waals surface area contributed by atoms with Crippen LogP contribution in [-0.4, -0.2) is 11.0 Å². The molecule has 0 aliphatic carbocycles. The predicted molar refractivity (Wildman–Crippen MR) is 88.9 cm³/mol. The normalized spacial score (nSPS) is 17.5. The van der Waals surface area contributed by atoms with Crippen LogP contribution in [0.2, 0.25) is 0 Å². The Bertz CT molecular complexity index is 716. The van der Waals surface area contributed by atoms with Gasteiger partial charge in [-0.1, -0.05) is 6.07 Å². The number of amides is 1. The molecule has 110 valence electrons. The number of aryl methyl sites for hydroxylation is 1. The minimum atomic E-state index is -0.670. The maximum atomic E-state index is 12.0. The van der Waals surface area contributed by atoms with E-state index >= 15 is 0 Å².